The highest BCUT2D eigenvalue weighted by Gasteiger charge is 2.41. The molecule has 2 atom stereocenters. The standard InChI is InChI=1S/C35H31N3O9/c1-21-8-12-25(13-9-21)34(44)46-29(30(33(42)43)47-35(45)26-14-10-22(2)11-15-26)32(41)38-37-31(40)24-16-18-27(19-17-24)36-28(39)20-23-6-4-3-5-7-23/h3-19,29-30H,20H2,1-2H3,(H,36,39)(H,37,40)(H,38,41)(H,42,43)/t29-,30-/m0/s1. The van der Waals surface area contributed by atoms with E-state index in [2.05, 4.69) is 10.7 Å². The number of hydrazine groups is 1. The van der Waals surface area contributed by atoms with E-state index in [0.717, 1.165) is 16.7 Å². The van der Waals surface area contributed by atoms with Gasteiger partial charge in [-0.25, -0.2) is 14.4 Å². The molecule has 240 valence electrons. The lowest BCUT2D eigenvalue weighted by Gasteiger charge is -2.23. The third kappa shape index (κ3) is 9.59. The number of aryl methyl sites for hydroxylation is 2. The summed E-state index contributed by atoms with van der Waals surface area (Å²) in [5, 5.41) is 12.6. The Morgan fingerprint density at radius 1 is 0.617 bits per heavy atom. The van der Waals surface area contributed by atoms with Gasteiger partial charge in [-0.2, -0.15) is 0 Å². The molecular weight excluding hydrogens is 606 g/mol. The fraction of sp³-hybridized carbons (Fsp3) is 0.143. The van der Waals surface area contributed by atoms with Gasteiger partial charge >= 0.3 is 17.9 Å². The summed E-state index contributed by atoms with van der Waals surface area (Å²) in [5.41, 5.74) is 7.15. The zero-order valence-corrected chi connectivity index (χ0v) is 25.4. The van der Waals surface area contributed by atoms with Gasteiger partial charge in [0.1, 0.15) is 0 Å². The highest BCUT2D eigenvalue weighted by atomic mass is 16.6. The van der Waals surface area contributed by atoms with E-state index in [4.69, 9.17) is 9.47 Å². The highest BCUT2D eigenvalue weighted by Crippen LogP contribution is 2.15. The van der Waals surface area contributed by atoms with Crippen LogP contribution >= 0.6 is 0 Å². The summed E-state index contributed by atoms with van der Waals surface area (Å²) in [6, 6.07) is 26.9. The summed E-state index contributed by atoms with van der Waals surface area (Å²) in [6.45, 7) is 3.57. The largest absolute Gasteiger partial charge is 0.478 e. The van der Waals surface area contributed by atoms with Crippen LogP contribution in [0.15, 0.2) is 103 Å². The molecule has 12 nitrogen and oxygen atoms in total. The molecule has 0 unspecified atom stereocenters. The van der Waals surface area contributed by atoms with Crippen molar-refractivity contribution in [1.29, 1.82) is 0 Å². The molecule has 4 N–H and O–H groups in total. The van der Waals surface area contributed by atoms with Crippen LogP contribution in [-0.4, -0.2) is 52.9 Å². The molecule has 0 aliphatic rings. The van der Waals surface area contributed by atoms with Crippen molar-refractivity contribution < 1.29 is 43.3 Å². The van der Waals surface area contributed by atoms with Gasteiger partial charge in [0.25, 0.3) is 11.8 Å². The van der Waals surface area contributed by atoms with Gasteiger partial charge < -0.3 is 19.9 Å². The van der Waals surface area contributed by atoms with Crippen LogP contribution in [-0.2, 0) is 30.3 Å². The molecule has 0 bridgehead atoms. The number of benzene rings is 4. The second kappa shape index (κ2) is 15.6. The average Bonchev–Trinajstić information content (AvgIpc) is 3.06. The number of amides is 3. The molecule has 0 saturated heterocycles. The molecule has 0 heterocycles. The third-order valence-corrected chi connectivity index (χ3v) is 6.76. The summed E-state index contributed by atoms with van der Waals surface area (Å²) in [7, 11) is 0. The molecule has 3 amide bonds. The molecule has 4 aromatic carbocycles. The Kier molecular flexibility index (Phi) is 11.2. The number of carboxylic acid groups (broad SMARTS) is 1. The van der Waals surface area contributed by atoms with E-state index in [1.54, 1.807) is 38.1 Å². The minimum atomic E-state index is -2.28. The first-order valence-electron chi connectivity index (χ1n) is 14.3. The Labute approximate surface area is 269 Å². The van der Waals surface area contributed by atoms with E-state index in [1.807, 2.05) is 35.8 Å². The van der Waals surface area contributed by atoms with Crippen LogP contribution < -0.4 is 16.2 Å². The molecule has 12 heteroatoms. The predicted molar refractivity (Wildman–Crippen MR) is 169 cm³/mol. The van der Waals surface area contributed by atoms with Gasteiger partial charge in [-0.05, 0) is 67.9 Å². The summed E-state index contributed by atoms with van der Waals surface area (Å²) < 4.78 is 10.4. The first-order valence-corrected chi connectivity index (χ1v) is 14.3. The van der Waals surface area contributed by atoms with Crippen molar-refractivity contribution in [3.05, 3.63) is 137 Å². The fourth-order valence-electron chi connectivity index (χ4n) is 4.19. The molecule has 0 saturated carbocycles. The summed E-state index contributed by atoms with van der Waals surface area (Å²) in [5.74, 6) is -6.29. The molecule has 0 aromatic heterocycles. The monoisotopic (exact) mass is 637 g/mol. The number of rotatable bonds is 11. The number of carbonyl (C=O) groups excluding carboxylic acids is 5. The van der Waals surface area contributed by atoms with Gasteiger partial charge in [-0.1, -0.05) is 65.7 Å². The number of aliphatic carboxylic acids is 1. The zero-order chi connectivity index (χ0) is 33.9. The van der Waals surface area contributed by atoms with Gasteiger partial charge in [-0.3, -0.25) is 25.2 Å². The van der Waals surface area contributed by atoms with Crippen LogP contribution in [0.2, 0.25) is 0 Å². The Hall–Kier alpha value is -6.30. The first kappa shape index (κ1) is 33.6. The second-order valence-electron chi connectivity index (χ2n) is 10.5. The van der Waals surface area contributed by atoms with Crippen molar-refractivity contribution in [2.45, 2.75) is 32.5 Å². The average molecular weight is 638 g/mol. The lowest BCUT2D eigenvalue weighted by Crippen LogP contribution is -2.54. The Morgan fingerprint density at radius 3 is 1.62 bits per heavy atom. The Morgan fingerprint density at radius 2 is 1.11 bits per heavy atom. The van der Waals surface area contributed by atoms with Crippen LogP contribution in [0.5, 0.6) is 0 Å². The minimum absolute atomic E-state index is 0.00104. The molecule has 4 rings (SSSR count). The van der Waals surface area contributed by atoms with E-state index in [-0.39, 0.29) is 29.0 Å². The molecule has 0 radical (unpaired) electrons. The van der Waals surface area contributed by atoms with Gasteiger partial charge in [0, 0.05) is 11.3 Å². The molecule has 0 spiro atoms. The topological polar surface area (TPSA) is 177 Å². The molecule has 0 aliphatic heterocycles. The van der Waals surface area contributed by atoms with Gasteiger partial charge in [0.15, 0.2) is 0 Å². The van der Waals surface area contributed by atoms with E-state index in [1.165, 1.54) is 48.5 Å². The number of anilines is 1. The molecular formula is C35H31N3O9. The first-order chi connectivity index (χ1) is 22.5. The highest BCUT2D eigenvalue weighted by molar-refractivity contribution is 5.99. The van der Waals surface area contributed by atoms with Crippen LogP contribution in [0.3, 0.4) is 0 Å². The molecule has 0 fully saturated rings. The number of carbonyl (C=O) groups is 6. The molecule has 47 heavy (non-hydrogen) atoms. The quantitative estimate of drug-likeness (QED) is 0.141. The van der Waals surface area contributed by atoms with Crippen molar-refractivity contribution in [2.75, 3.05) is 5.32 Å². The van der Waals surface area contributed by atoms with Crippen molar-refractivity contribution in [3.63, 3.8) is 0 Å². The number of nitrogens with one attached hydrogen (secondary N) is 3. The molecule has 0 aliphatic carbocycles. The lowest BCUT2D eigenvalue weighted by atomic mass is 10.1. The number of hydrogen-bond acceptors (Lipinski definition) is 8. The predicted octanol–water partition coefficient (Wildman–Crippen LogP) is 3.78. The van der Waals surface area contributed by atoms with Crippen LogP contribution in [0.4, 0.5) is 5.69 Å². The smallest absolute Gasteiger partial charge is 0.349 e. The third-order valence-electron chi connectivity index (χ3n) is 6.76. The van der Waals surface area contributed by atoms with E-state index >= 15 is 0 Å². The maximum Gasteiger partial charge on any atom is 0.349 e. The lowest BCUT2D eigenvalue weighted by molar-refractivity contribution is -0.159. The maximum absolute atomic E-state index is 13.2. The summed E-state index contributed by atoms with van der Waals surface area (Å²) in [6.07, 6.45) is -4.34. The van der Waals surface area contributed by atoms with Crippen molar-refractivity contribution >= 4 is 41.3 Å². The zero-order valence-electron chi connectivity index (χ0n) is 25.4. The normalized spacial score (nSPS) is 11.7. The van der Waals surface area contributed by atoms with E-state index in [9.17, 15) is 33.9 Å². The minimum Gasteiger partial charge on any atom is -0.478 e. The molecule has 4 aromatic rings. The van der Waals surface area contributed by atoms with Crippen LogP contribution in [0, 0.1) is 13.8 Å². The summed E-state index contributed by atoms with van der Waals surface area (Å²) >= 11 is 0. The number of ether oxygens (including phenoxy) is 2. The Balaban J connectivity index is 1.45. The van der Waals surface area contributed by atoms with E-state index in [0.29, 0.717) is 5.69 Å². The number of esters is 2. The van der Waals surface area contributed by atoms with Crippen LogP contribution in [0.1, 0.15) is 47.8 Å². The fourth-order valence-corrected chi connectivity index (χ4v) is 4.19. The SMILES string of the molecule is Cc1ccc(C(=O)O[C@H](C(=O)O)[C@H](OC(=O)c2ccc(C)cc2)C(=O)NNC(=O)c2ccc(NC(=O)Cc3ccccc3)cc2)cc1. The van der Waals surface area contributed by atoms with Gasteiger partial charge in [-0.15, -0.1) is 0 Å². The van der Waals surface area contributed by atoms with Crippen molar-refractivity contribution in [1.82, 2.24) is 10.9 Å². The van der Waals surface area contributed by atoms with Crippen molar-refractivity contribution in [3.8, 4) is 0 Å². The second-order valence-corrected chi connectivity index (χ2v) is 10.5. The van der Waals surface area contributed by atoms with Crippen molar-refractivity contribution in [2.24, 2.45) is 0 Å². The van der Waals surface area contributed by atoms with Gasteiger partial charge in [0.2, 0.25) is 18.1 Å². The summed E-state index contributed by atoms with van der Waals surface area (Å²) in [4.78, 5) is 76.3. The number of hydrogen-bond donors (Lipinski definition) is 4. The maximum atomic E-state index is 13.2. The number of carboxylic acids is 1. The van der Waals surface area contributed by atoms with E-state index < -0.39 is 41.9 Å². The Bertz CT molecular complexity index is 1760. The van der Waals surface area contributed by atoms with Gasteiger partial charge in [0.05, 0.1) is 17.5 Å². The van der Waals surface area contributed by atoms with Crippen LogP contribution in [0.25, 0.3) is 0 Å².